The zero-order chi connectivity index (χ0) is 20.6. The molecule has 3 heterocycles. The number of imidazole rings is 1. The monoisotopic (exact) mass is 394 g/mol. The highest BCUT2D eigenvalue weighted by Crippen LogP contribution is 2.69. The number of pyridine rings is 1. The van der Waals surface area contributed by atoms with E-state index in [9.17, 15) is 18.4 Å². The molecule has 2 aromatic heterocycles. The number of rotatable bonds is 2. The van der Waals surface area contributed by atoms with Crippen molar-refractivity contribution in [1.29, 1.82) is 0 Å². The molecule has 1 N–H and O–H groups in total. The van der Waals surface area contributed by atoms with E-state index < -0.39 is 23.3 Å². The highest BCUT2D eigenvalue weighted by molar-refractivity contribution is 5.72. The molecule has 1 aliphatic heterocycles. The predicted molar refractivity (Wildman–Crippen MR) is 98.8 cm³/mol. The summed E-state index contributed by atoms with van der Waals surface area (Å²) in [5.41, 5.74) is -0.576. The number of aryl methyl sites for hydroxylation is 1. The fourth-order valence-corrected chi connectivity index (χ4v) is 4.57. The smallest absolute Gasteiger partial charge is 0.407 e. The summed E-state index contributed by atoms with van der Waals surface area (Å²) in [6, 6.07) is 3.26. The molecule has 2 atom stereocenters. The number of carbonyl (C=O) groups is 1. The van der Waals surface area contributed by atoms with E-state index in [0.717, 1.165) is 4.90 Å². The van der Waals surface area contributed by atoms with Crippen LogP contribution in [0.15, 0.2) is 16.9 Å². The Labute approximate surface area is 160 Å². The van der Waals surface area contributed by atoms with Gasteiger partial charge in [0.1, 0.15) is 0 Å². The average Bonchev–Trinajstić information content (AvgIpc) is 3.03. The summed E-state index contributed by atoms with van der Waals surface area (Å²) < 4.78 is 32.5. The first-order chi connectivity index (χ1) is 12.9. The minimum Gasteiger partial charge on any atom is -0.465 e. The zero-order valence-electron chi connectivity index (χ0n) is 16.4. The molecule has 4 rings (SSSR count). The van der Waals surface area contributed by atoms with Crippen LogP contribution in [-0.4, -0.2) is 49.2 Å². The first-order valence-electron chi connectivity index (χ1n) is 9.32. The van der Waals surface area contributed by atoms with Gasteiger partial charge in [-0.25, -0.2) is 23.4 Å². The molecule has 2 aromatic rings. The van der Waals surface area contributed by atoms with E-state index in [1.165, 1.54) is 4.57 Å². The average molecular weight is 394 g/mol. The van der Waals surface area contributed by atoms with E-state index in [1.807, 2.05) is 20.8 Å². The minimum absolute atomic E-state index is 0.0200. The van der Waals surface area contributed by atoms with Crippen molar-refractivity contribution in [1.82, 2.24) is 19.0 Å². The van der Waals surface area contributed by atoms with Gasteiger partial charge in [-0.3, -0.25) is 9.13 Å². The van der Waals surface area contributed by atoms with Crippen molar-refractivity contribution in [3.05, 3.63) is 28.3 Å². The largest absolute Gasteiger partial charge is 0.465 e. The third-order valence-corrected chi connectivity index (χ3v) is 6.06. The van der Waals surface area contributed by atoms with Crippen molar-refractivity contribution in [2.75, 3.05) is 13.1 Å². The Morgan fingerprint density at radius 2 is 2.04 bits per heavy atom. The van der Waals surface area contributed by atoms with Crippen LogP contribution in [-0.2, 0) is 19.0 Å². The van der Waals surface area contributed by atoms with Gasteiger partial charge in [0.05, 0.1) is 22.5 Å². The second kappa shape index (κ2) is 5.55. The number of halogens is 2. The molecule has 1 aliphatic carbocycles. The molecule has 0 aromatic carbocycles. The maximum atomic E-state index is 14.8. The highest BCUT2D eigenvalue weighted by atomic mass is 19.3. The Balaban J connectivity index is 1.79. The molecule has 28 heavy (non-hydrogen) atoms. The van der Waals surface area contributed by atoms with Gasteiger partial charge in [-0.2, -0.15) is 0 Å². The fourth-order valence-electron chi connectivity index (χ4n) is 4.57. The first kappa shape index (κ1) is 18.9. The molecule has 2 aliphatic rings. The first-order valence-corrected chi connectivity index (χ1v) is 9.32. The van der Waals surface area contributed by atoms with Crippen molar-refractivity contribution in [3.8, 4) is 0 Å². The van der Waals surface area contributed by atoms with Crippen LogP contribution in [0.5, 0.6) is 0 Å². The number of carboxylic acid groups (broad SMARTS) is 1. The quantitative estimate of drug-likeness (QED) is 0.849. The molecule has 9 heteroatoms. The number of likely N-dealkylation sites (tertiary alicyclic amines) is 1. The van der Waals surface area contributed by atoms with Gasteiger partial charge in [0.25, 0.3) is 5.92 Å². The number of amides is 1. The van der Waals surface area contributed by atoms with Crippen LogP contribution in [0.4, 0.5) is 13.6 Å². The molecule has 2 fully saturated rings. The minimum atomic E-state index is -3.01. The molecule has 7 nitrogen and oxygen atoms in total. The Morgan fingerprint density at radius 1 is 1.36 bits per heavy atom. The third-order valence-electron chi connectivity index (χ3n) is 6.06. The molecule has 2 unspecified atom stereocenters. The third kappa shape index (κ3) is 2.41. The number of nitrogens with zero attached hydrogens (tertiary/aromatic N) is 4. The molecule has 0 radical (unpaired) electrons. The fraction of sp³-hybridized carbons (Fsp3) is 0.632. The highest BCUT2D eigenvalue weighted by Gasteiger charge is 2.83. The van der Waals surface area contributed by atoms with Gasteiger partial charge in [0.15, 0.2) is 5.65 Å². The lowest BCUT2D eigenvalue weighted by Crippen LogP contribution is -2.39. The second-order valence-corrected chi connectivity index (χ2v) is 9.15. The van der Waals surface area contributed by atoms with Crippen molar-refractivity contribution < 1.29 is 18.7 Å². The molecular formula is C19H24F2N4O3. The van der Waals surface area contributed by atoms with E-state index in [4.69, 9.17) is 5.11 Å². The van der Waals surface area contributed by atoms with Crippen LogP contribution in [0.1, 0.15) is 32.9 Å². The maximum absolute atomic E-state index is 14.8. The van der Waals surface area contributed by atoms with Crippen molar-refractivity contribution >= 4 is 17.3 Å². The topological polar surface area (TPSA) is 80.4 Å². The summed E-state index contributed by atoms with van der Waals surface area (Å²) in [7, 11) is 1.59. The van der Waals surface area contributed by atoms with Crippen LogP contribution < -0.4 is 5.69 Å². The van der Waals surface area contributed by atoms with Crippen molar-refractivity contribution in [2.24, 2.45) is 18.4 Å². The van der Waals surface area contributed by atoms with E-state index in [1.54, 1.807) is 23.7 Å². The molecule has 152 valence electrons. The van der Waals surface area contributed by atoms with Crippen molar-refractivity contribution in [3.63, 3.8) is 0 Å². The second-order valence-electron chi connectivity index (χ2n) is 9.15. The van der Waals surface area contributed by atoms with Gasteiger partial charge in [-0.15, -0.1) is 0 Å². The van der Waals surface area contributed by atoms with Gasteiger partial charge in [-0.1, -0.05) is 20.8 Å². The summed E-state index contributed by atoms with van der Waals surface area (Å²) >= 11 is 0. The summed E-state index contributed by atoms with van der Waals surface area (Å²) in [6.45, 7) is 6.39. The van der Waals surface area contributed by atoms with Gasteiger partial charge in [-0.05, 0) is 24.0 Å². The Morgan fingerprint density at radius 3 is 2.61 bits per heavy atom. The molecule has 1 saturated heterocycles. The lowest BCUT2D eigenvalue weighted by molar-refractivity contribution is 0.0766. The molecule has 1 saturated carbocycles. The van der Waals surface area contributed by atoms with E-state index in [0.29, 0.717) is 17.7 Å². The lowest BCUT2D eigenvalue weighted by atomic mass is 9.90. The summed E-state index contributed by atoms with van der Waals surface area (Å²) in [4.78, 5) is 29.3. The van der Waals surface area contributed by atoms with E-state index in [-0.39, 0.29) is 36.3 Å². The van der Waals surface area contributed by atoms with Crippen LogP contribution in [0.25, 0.3) is 11.2 Å². The zero-order valence-corrected chi connectivity index (χ0v) is 16.4. The Bertz CT molecular complexity index is 1040. The van der Waals surface area contributed by atoms with Gasteiger partial charge in [0.2, 0.25) is 0 Å². The normalized spacial score (nSPS) is 26.4. The molecule has 0 bridgehead atoms. The molecular weight excluding hydrogens is 370 g/mol. The van der Waals surface area contributed by atoms with Crippen LogP contribution in [0, 0.1) is 11.3 Å². The predicted octanol–water partition coefficient (Wildman–Crippen LogP) is 2.67. The SMILES string of the molecule is Cn1c(=O)n(CC(C)(C)C)c2ccc(C34CCN(C(=O)O)CC3C4(F)F)nc21. The van der Waals surface area contributed by atoms with E-state index >= 15 is 0 Å². The van der Waals surface area contributed by atoms with Gasteiger partial charge >= 0.3 is 11.8 Å². The Kier molecular flexibility index (Phi) is 3.74. The number of fused-ring (bicyclic) bond motifs is 2. The number of piperidine rings is 1. The number of hydrogen-bond acceptors (Lipinski definition) is 3. The number of alkyl halides is 2. The Hall–Kier alpha value is -2.45. The van der Waals surface area contributed by atoms with E-state index in [2.05, 4.69) is 4.98 Å². The summed E-state index contributed by atoms with van der Waals surface area (Å²) in [6.07, 6.45) is -1.16. The van der Waals surface area contributed by atoms with Gasteiger partial charge < -0.3 is 10.0 Å². The molecule has 1 amide bonds. The molecule has 0 spiro atoms. The summed E-state index contributed by atoms with van der Waals surface area (Å²) in [5, 5.41) is 9.13. The van der Waals surface area contributed by atoms with Gasteiger partial charge in [0, 0.05) is 26.7 Å². The maximum Gasteiger partial charge on any atom is 0.407 e. The van der Waals surface area contributed by atoms with Crippen molar-refractivity contribution in [2.45, 2.75) is 45.1 Å². The summed E-state index contributed by atoms with van der Waals surface area (Å²) in [5.74, 6) is -4.09. The van der Waals surface area contributed by atoms with Crippen LogP contribution in [0.3, 0.4) is 0 Å². The number of aromatic nitrogens is 3. The lowest BCUT2D eigenvalue weighted by Gasteiger charge is -2.27. The number of hydrogen-bond donors (Lipinski definition) is 1. The van der Waals surface area contributed by atoms with Crippen LogP contribution in [0.2, 0.25) is 0 Å². The standard InChI is InChI=1S/C19H24F2N4O3/c1-17(2,3)10-25-11-5-6-13(22-14(11)23(4)15(25)26)18-7-8-24(16(27)28)9-12(18)19(18,20)21/h5-6,12H,7-10H2,1-4H3,(H,27,28). The van der Waals surface area contributed by atoms with Crippen LogP contribution >= 0.6 is 0 Å².